The number of halogens is 4. The third-order valence-corrected chi connectivity index (χ3v) is 5.64. The van der Waals surface area contributed by atoms with Gasteiger partial charge in [-0.3, -0.25) is 9.36 Å². The molecule has 2 N–H and O–H groups in total. The number of aromatic nitrogens is 7. The highest BCUT2D eigenvalue weighted by Gasteiger charge is 2.39. The Morgan fingerprint density at radius 2 is 1.84 bits per heavy atom. The third kappa shape index (κ3) is 5.92. The van der Waals surface area contributed by atoms with Crippen LogP contribution in [0.2, 0.25) is 5.02 Å². The highest BCUT2D eigenvalue weighted by molar-refractivity contribution is 6.30. The molecule has 4 rings (SSSR count). The zero-order chi connectivity index (χ0) is 27.6. The van der Waals surface area contributed by atoms with E-state index < -0.39 is 24.5 Å². The average Bonchev–Trinajstić information content (AvgIpc) is 3.44. The number of alkyl halides is 3. The summed E-state index contributed by atoms with van der Waals surface area (Å²) in [5.41, 5.74) is -0.173. The molecular weight excluding hydrogens is 529 g/mol. The van der Waals surface area contributed by atoms with E-state index in [9.17, 15) is 27.9 Å². The highest BCUT2D eigenvalue weighted by Crippen LogP contribution is 2.24. The molecule has 3 aromatic heterocycles. The van der Waals surface area contributed by atoms with Crippen molar-refractivity contribution < 1.29 is 23.1 Å². The molecule has 15 heteroatoms. The number of carbonyl (C=O) groups excluding carboxylic acids is 1. The fraction of sp³-hybridized carbons (Fsp3) is 0.304. The Hall–Kier alpha value is -4.04. The standard InChI is InChI=1S/C23H22ClF3N8O3/c1-13(2)21(37)30-19-16(4-3-9-28-19)35-12-29-18(31-35)11-34-22(38)33(10-17(36)23(25,26)27)20(32-34)14-5-7-15(24)8-6-14/h3-9,12-13,17,36H,10-11H2,1-2H3,(H,28,30,37)/t17-/m0/s1. The molecule has 1 atom stereocenters. The number of benzene rings is 1. The molecule has 0 radical (unpaired) electrons. The van der Waals surface area contributed by atoms with Gasteiger partial charge in [0.05, 0.1) is 6.54 Å². The number of pyridine rings is 1. The largest absolute Gasteiger partial charge is 0.416 e. The van der Waals surface area contributed by atoms with E-state index in [1.807, 2.05) is 0 Å². The van der Waals surface area contributed by atoms with E-state index in [2.05, 4.69) is 25.5 Å². The number of aliphatic hydroxyl groups excluding tert-OH is 1. The summed E-state index contributed by atoms with van der Waals surface area (Å²) in [6.45, 7) is 2.12. The second-order valence-corrected chi connectivity index (χ2v) is 9.00. The van der Waals surface area contributed by atoms with Gasteiger partial charge in [-0.25, -0.2) is 24.1 Å². The van der Waals surface area contributed by atoms with Gasteiger partial charge in [-0.05, 0) is 36.4 Å². The molecule has 0 saturated heterocycles. The van der Waals surface area contributed by atoms with Crippen LogP contribution in [0.3, 0.4) is 0 Å². The van der Waals surface area contributed by atoms with E-state index >= 15 is 0 Å². The fourth-order valence-electron chi connectivity index (χ4n) is 3.36. The third-order valence-electron chi connectivity index (χ3n) is 5.39. The molecule has 1 aromatic carbocycles. The van der Waals surface area contributed by atoms with Crippen LogP contribution >= 0.6 is 11.6 Å². The van der Waals surface area contributed by atoms with Crippen LogP contribution in [0, 0.1) is 5.92 Å². The van der Waals surface area contributed by atoms with Crippen LogP contribution in [0.15, 0.2) is 53.7 Å². The number of aliphatic hydroxyl groups is 1. The Morgan fingerprint density at radius 1 is 1.13 bits per heavy atom. The number of hydrogen-bond acceptors (Lipinski definition) is 7. The summed E-state index contributed by atoms with van der Waals surface area (Å²) in [5.74, 6) is -0.279. The molecule has 38 heavy (non-hydrogen) atoms. The molecule has 0 saturated carbocycles. The van der Waals surface area contributed by atoms with Crippen molar-refractivity contribution in [3.8, 4) is 17.1 Å². The first-order valence-electron chi connectivity index (χ1n) is 11.3. The Labute approximate surface area is 218 Å². The molecule has 0 bridgehead atoms. The summed E-state index contributed by atoms with van der Waals surface area (Å²) in [5, 5.41) is 21.2. The maximum Gasteiger partial charge on any atom is 0.416 e. The molecule has 0 fully saturated rings. The van der Waals surface area contributed by atoms with E-state index in [0.717, 1.165) is 9.25 Å². The Bertz CT molecular complexity index is 1490. The molecule has 3 heterocycles. The summed E-state index contributed by atoms with van der Waals surface area (Å²) in [7, 11) is 0. The quantitative estimate of drug-likeness (QED) is 0.345. The van der Waals surface area contributed by atoms with Gasteiger partial charge in [-0.1, -0.05) is 25.4 Å². The fourth-order valence-corrected chi connectivity index (χ4v) is 3.48. The van der Waals surface area contributed by atoms with Crippen molar-refractivity contribution in [2.24, 2.45) is 5.92 Å². The SMILES string of the molecule is CC(C)C(=O)Nc1ncccc1-n1cnc(Cn2nc(-c3ccc(Cl)cc3)n(C[C@H](O)C(F)(F)F)c2=O)n1. The molecule has 0 spiro atoms. The first-order valence-corrected chi connectivity index (χ1v) is 11.7. The van der Waals surface area contributed by atoms with Crippen molar-refractivity contribution in [3.05, 3.63) is 70.3 Å². The first-order chi connectivity index (χ1) is 17.9. The van der Waals surface area contributed by atoms with Crippen molar-refractivity contribution in [2.75, 3.05) is 5.32 Å². The topological polar surface area (TPSA) is 133 Å². The maximum absolute atomic E-state index is 13.1. The lowest BCUT2D eigenvalue weighted by Gasteiger charge is -2.15. The van der Waals surface area contributed by atoms with Gasteiger partial charge in [0.1, 0.15) is 18.6 Å². The van der Waals surface area contributed by atoms with Gasteiger partial charge in [0.2, 0.25) is 5.91 Å². The van der Waals surface area contributed by atoms with Crippen LogP contribution in [0.25, 0.3) is 17.1 Å². The predicted octanol–water partition coefficient (Wildman–Crippen LogP) is 2.91. The predicted molar refractivity (Wildman–Crippen MR) is 131 cm³/mol. The molecule has 11 nitrogen and oxygen atoms in total. The molecule has 0 aliphatic rings. The highest BCUT2D eigenvalue weighted by atomic mass is 35.5. The summed E-state index contributed by atoms with van der Waals surface area (Å²) < 4.78 is 42.2. The van der Waals surface area contributed by atoms with Gasteiger partial charge in [0.25, 0.3) is 0 Å². The van der Waals surface area contributed by atoms with Crippen molar-refractivity contribution in [1.29, 1.82) is 0 Å². The number of carbonyl (C=O) groups is 1. The summed E-state index contributed by atoms with van der Waals surface area (Å²) >= 11 is 5.90. The molecular formula is C23H22ClF3N8O3. The van der Waals surface area contributed by atoms with Gasteiger partial charge in [0, 0.05) is 22.7 Å². The van der Waals surface area contributed by atoms with Gasteiger partial charge >= 0.3 is 11.9 Å². The van der Waals surface area contributed by atoms with Crippen molar-refractivity contribution >= 4 is 23.3 Å². The van der Waals surface area contributed by atoms with E-state index in [-0.39, 0.29) is 35.8 Å². The van der Waals surface area contributed by atoms with Crippen LogP contribution in [-0.2, 0) is 17.9 Å². The average molecular weight is 551 g/mol. The summed E-state index contributed by atoms with van der Waals surface area (Å²) in [6.07, 6.45) is -4.89. The second-order valence-electron chi connectivity index (χ2n) is 8.56. The van der Waals surface area contributed by atoms with Gasteiger partial charge < -0.3 is 10.4 Å². The van der Waals surface area contributed by atoms with Crippen LogP contribution in [0.4, 0.5) is 19.0 Å². The molecule has 0 aliphatic carbocycles. The van der Waals surface area contributed by atoms with Crippen LogP contribution in [0.1, 0.15) is 19.7 Å². The number of hydrogen-bond donors (Lipinski definition) is 2. The molecule has 0 unspecified atom stereocenters. The minimum absolute atomic E-state index is 0.0969. The second kappa shape index (κ2) is 10.8. The Kier molecular flexibility index (Phi) is 7.64. The van der Waals surface area contributed by atoms with Crippen molar-refractivity contribution in [2.45, 2.75) is 39.2 Å². The van der Waals surface area contributed by atoms with Crippen molar-refractivity contribution in [1.82, 2.24) is 34.1 Å². The number of anilines is 1. The van der Waals surface area contributed by atoms with Gasteiger partial charge in [-0.15, -0.1) is 10.2 Å². The van der Waals surface area contributed by atoms with E-state index in [1.54, 1.807) is 26.0 Å². The monoisotopic (exact) mass is 550 g/mol. The van der Waals surface area contributed by atoms with Gasteiger partial charge in [0.15, 0.2) is 23.6 Å². The minimum atomic E-state index is -4.94. The normalized spacial score (nSPS) is 12.6. The maximum atomic E-state index is 13.1. The zero-order valence-electron chi connectivity index (χ0n) is 20.1. The molecule has 0 aliphatic heterocycles. The molecule has 200 valence electrons. The number of rotatable bonds is 8. The summed E-state index contributed by atoms with van der Waals surface area (Å²) in [6, 6.07) is 9.27. The number of amides is 1. The number of nitrogens with one attached hydrogen (secondary N) is 1. The Morgan fingerprint density at radius 3 is 2.50 bits per heavy atom. The van der Waals surface area contributed by atoms with E-state index in [4.69, 9.17) is 11.6 Å². The van der Waals surface area contributed by atoms with E-state index in [0.29, 0.717) is 16.3 Å². The lowest BCUT2D eigenvalue weighted by Crippen LogP contribution is -2.37. The first kappa shape index (κ1) is 27.0. The smallest absolute Gasteiger partial charge is 0.382 e. The minimum Gasteiger partial charge on any atom is -0.382 e. The summed E-state index contributed by atoms with van der Waals surface area (Å²) in [4.78, 5) is 33.5. The van der Waals surface area contributed by atoms with Crippen LogP contribution in [0.5, 0.6) is 0 Å². The van der Waals surface area contributed by atoms with Gasteiger partial charge in [-0.2, -0.15) is 13.2 Å². The van der Waals surface area contributed by atoms with Crippen LogP contribution in [-0.4, -0.2) is 57.4 Å². The number of nitrogens with zero attached hydrogens (tertiary/aromatic N) is 7. The van der Waals surface area contributed by atoms with E-state index in [1.165, 1.54) is 41.5 Å². The van der Waals surface area contributed by atoms with Crippen LogP contribution < -0.4 is 11.0 Å². The van der Waals surface area contributed by atoms with Crippen molar-refractivity contribution in [3.63, 3.8) is 0 Å². The zero-order valence-corrected chi connectivity index (χ0v) is 20.8. The Balaban J connectivity index is 1.67. The molecule has 1 amide bonds. The lowest BCUT2D eigenvalue weighted by molar-refractivity contribution is -0.207. The molecule has 4 aromatic rings. The lowest BCUT2D eigenvalue weighted by atomic mass is 10.2.